The van der Waals surface area contributed by atoms with Crippen molar-refractivity contribution in [1.29, 1.82) is 0 Å². The van der Waals surface area contributed by atoms with Crippen LogP contribution in [0.4, 0.5) is 9.59 Å². The molecule has 17 heteroatoms. The van der Waals surface area contributed by atoms with E-state index in [0.29, 0.717) is 37.9 Å². The Bertz CT molecular complexity index is 2050. The summed E-state index contributed by atoms with van der Waals surface area (Å²) in [4.78, 5) is 63.0. The second kappa shape index (κ2) is 14.8. The minimum atomic E-state index is -4.29. The highest BCUT2D eigenvalue weighted by molar-refractivity contribution is 7.90. The summed E-state index contributed by atoms with van der Waals surface area (Å²) in [5.74, 6) is -1.81. The van der Waals surface area contributed by atoms with Crippen molar-refractivity contribution < 1.29 is 41.8 Å². The van der Waals surface area contributed by atoms with Gasteiger partial charge in [-0.1, -0.05) is 42.5 Å². The average molecular weight is 813 g/mol. The molecule has 4 amide bonds. The summed E-state index contributed by atoms with van der Waals surface area (Å²) in [7, 11) is -4.29. The molecule has 56 heavy (non-hydrogen) atoms. The maximum atomic E-state index is 14.5. The molecule has 2 unspecified atom stereocenters. The molecule has 0 radical (unpaired) electrons. The summed E-state index contributed by atoms with van der Waals surface area (Å²) in [5.41, 5.74) is 6.03. The van der Waals surface area contributed by atoms with Gasteiger partial charge in [0.2, 0.25) is 5.91 Å². The molecule has 0 bridgehead atoms. The molecule has 3 aliphatic carbocycles. The maximum Gasteiger partial charge on any atom is 0.410 e. The molecule has 1 saturated heterocycles. The van der Waals surface area contributed by atoms with Crippen molar-refractivity contribution in [3.8, 4) is 0 Å². The monoisotopic (exact) mass is 812 g/mol. The summed E-state index contributed by atoms with van der Waals surface area (Å²) in [6.07, 6.45) is 7.33. The number of halogens is 1. The van der Waals surface area contributed by atoms with E-state index in [-0.39, 0.29) is 54.6 Å². The van der Waals surface area contributed by atoms with Crippen LogP contribution < -0.4 is 15.8 Å². The van der Waals surface area contributed by atoms with Crippen molar-refractivity contribution in [1.82, 2.24) is 19.8 Å². The van der Waals surface area contributed by atoms with Gasteiger partial charge < -0.3 is 30.2 Å². The third-order valence-electron chi connectivity index (χ3n) is 11.4. The second-order valence-corrected chi connectivity index (χ2v) is 18.5. The van der Waals surface area contributed by atoms with Gasteiger partial charge in [0.1, 0.15) is 23.6 Å². The minimum absolute atomic E-state index is 0.0359. The minimum Gasteiger partial charge on any atom is -0.444 e. The van der Waals surface area contributed by atoms with E-state index < -0.39 is 68.8 Å². The van der Waals surface area contributed by atoms with Gasteiger partial charge in [0.15, 0.2) is 5.54 Å². The quantitative estimate of drug-likeness (QED) is 0.292. The number of carbonyl (C=O) groups excluding carboxylic acids is 4. The van der Waals surface area contributed by atoms with Gasteiger partial charge in [-0.15, -0.1) is 11.6 Å². The molecule has 6 aliphatic rings. The Morgan fingerprint density at radius 2 is 1.89 bits per heavy atom. The largest absolute Gasteiger partial charge is 0.444 e. The lowest BCUT2D eigenvalue weighted by Crippen LogP contribution is -2.54. The van der Waals surface area contributed by atoms with Crippen LogP contribution in [-0.2, 0) is 33.8 Å². The van der Waals surface area contributed by atoms with Crippen LogP contribution >= 0.6 is 11.6 Å². The Balaban J connectivity index is 1.19. The number of aliphatic imine (C=N–C) groups is 1. The zero-order valence-electron chi connectivity index (χ0n) is 32.0. The van der Waals surface area contributed by atoms with Crippen molar-refractivity contribution in [2.45, 2.75) is 99.4 Å². The van der Waals surface area contributed by atoms with Gasteiger partial charge in [0.25, 0.3) is 15.9 Å². The van der Waals surface area contributed by atoms with Crippen LogP contribution in [0.3, 0.4) is 0 Å². The fourth-order valence-electron chi connectivity index (χ4n) is 8.39. The van der Waals surface area contributed by atoms with Gasteiger partial charge in [0, 0.05) is 43.9 Å². The van der Waals surface area contributed by atoms with Crippen LogP contribution in [0.5, 0.6) is 0 Å². The molecular weight excluding hydrogens is 764 g/mol. The number of nitrogens with zero attached hydrogens (tertiary/aromatic N) is 3. The Hall–Kier alpha value is -4.41. The molecular formula is C39H49ClN6O9S. The fourth-order valence-corrected chi connectivity index (χ4v) is 9.96. The van der Waals surface area contributed by atoms with Crippen LogP contribution in [0.1, 0.15) is 58.4 Å². The number of carbonyl (C=O) groups is 4. The van der Waals surface area contributed by atoms with Gasteiger partial charge in [-0.05, 0) is 69.7 Å². The number of allylic oxidation sites excluding steroid dienone is 1. The molecule has 0 aromatic heterocycles. The first-order valence-corrected chi connectivity index (χ1v) is 20.9. The normalized spacial score (nSPS) is 32.1. The van der Waals surface area contributed by atoms with Crippen molar-refractivity contribution in [2.75, 3.05) is 32.8 Å². The van der Waals surface area contributed by atoms with Crippen LogP contribution in [0.2, 0.25) is 0 Å². The Morgan fingerprint density at radius 3 is 2.61 bits per heavy atom. The molecule has 1 spiro atoms. The van der Waals surface area contributed by atoms with E-state index in [4.69, 9.17) is 36.5 Å². The van der Waals surface area contributed by atoms with E-state index in [1.54, 1.807) is 50.8 Å². The van der Waals surface area contributed by atoms with E-state index in [1.807, 2.05) is 24.3 Å². The molecule has 1 aromatic carbocycles. The lowest BCUT2D eigenvalue weighted by molar-refractivity contribution is -0.134. The fraction of sp³-hybridized carbons (Fsp3) is 0.564. The number of nitrogens with one attached hydrogen (secondary N) is 2. The zero-order chi connectivity index (χ0) is 40.2. The summed E-state index contributed by atoms with van der Waals surface area (Å²) >= 11 is 6.53. The number of alkyl halides is 1. The first kappa shape index (κ1) is 39.8. The van der Waals surface area contributed by atoms with E-state index in [0.717, 1.165) is 11.1 Å². The van der Waals surface area contributed by atoms with Gasteiger partial charge in [0.05, 0.1) is 29.5 Å². The van der Waals surface area contributed by atoms with Crippen LogP contribution in [-0.4, -0.2) is 116 Å². The average Bonchev–Trinajstić information content (AvgIpc) is 3.77. The number of nitrogens with two attached hydrogens (primary N) is 1. The highest BCUT2D eigenvalue weighted by Crippen LogP contribution is 2.85. The number of hydrogen-bond donors (Lipinski definition) is 3. The number of amidine groups is 1. The number of sulfonamides is 1. The molecule has 15 nitrogen and oxygen atoms in total. The van der Waals surface area contributed by atoms with Crippen molar-refractivity contribution in [3.05, 3.63) is 65.3 Å². The van der Waals surface area contributed by atoms with Crippen LogP contribution in [0, 0.1) is 18.3 Å². The van der Waals surface area contributed by atoms with Gasteiger partial charge in [-0.25, -0.2) is 22.7 Å². The van der Waals surface area contributed by atoms with Gasteiger partial charge in [-0.2, -0.15) is 0 Å². The predicted molar refractivity (Wildman–Crippen MR) is 206 cm³/mol. The van der Waals surface area contributed by atoms with E-state index in [2.05, 4.69) is 10.0 Å². The SMILES string of the molecule is Cc1ccccc1S(=O)(=O)NC(=O)[C@]12N=C(N)[C@@H]3C[C@@H](OC(=O)N4CC5=C(C4)C(Cl)CC=C5)CN3C(=O)[C@@H](NC(=O)OC(C)(C)C)CCOCC/C=C\[C@@]13CC32. The van der Waals surface area contributed by atoms with E-state index in [9.17, 15) is 27.6 Å². The number of rotatable bonds is 5. The number of hydrogen-bond acceptors (Lipinski definition) is 11. The summed E-state index contributed by atoms with van der Waals surface area (Å²) < 4.78 is 46.7. The third-order valence-corrected chi connectivity index (χ3v) is 13.3. The van der Waals surface area contributed by atoms with Crippen molar-refractivity contribution >= 4 is 51.5 Å². The highest BCUT2D eigenvalue weighted by atomic mass is 35.5. The molecule has 7 atom stereocenters. The molecule has 2 saturated carbocycles. The number of ether oxygens (including phenoxy) is 3. The maximum absolute atomic E-state index is 14.5. The molecule has 7 rings (SSSR count). The molecule has 3 aliphatic heterocycles. The smallest absolute Gasteiger partial charge is 0.410 e. The Labute approximate surface area is 331 Å². The van der Waals surface area contributed by atoms with Crippen LogP contribution in [0.25, 0.3) is 0 Å². The lowest BCUT2D eigenvalue weighted by Gasteiger charge is -2.30. The van der Waals surface area contributed by atoms with E-state index >= 15 is 0 Å². The number of amides is 4. The number of alkyl carbamates (subject to hydrolysis) is 1. The van der Waals surface area contributed by atoms with Gasteiger partial charge in [-0.3, -0.25) is 19.5 Å². The summed E-state index contributed by atoms with van der Waals surface area (Å²) in [6, 6.07) is 4.24. The number of fused-ring (bicyclic) bond motifs is 2. The summed E-state index contributed by atoms with van der Waals surface area (Å²) in [5, 5.41) is 2.47. The van der Waals surface area contributed by atoms with Crippen molar-refractivity contribution in [3.63, 3.8) is 0 Å². The molecule has 4 N–H and O–H groups in total. The first-order chi connectivity index (χ1) is 26.5. The van der Waals surface area contributed by atoms with Gasteiger partial charge >= 0.3 is 12.2 Å². The summed E-state index contributed by atoms with van der Waals surface area (Å²) in [6.45, 7) is 7.73. The topological polar surface area (TPSA) is 199 Å². The molecule has 1 aromatic rings. The third kappa shape index (κ3) is 7.54. The standard InChI is InChI=1S/C39H49ClN6O9S/c1-23-10-5-6-13-30(23)56(51,52)44-34(48)39-31-19-38(31,39)15-7-8-16-53-17-14-28(42-35(49)55-37(2,3)4)33(47)46-21-25(18-29(46)32(41)43-39)54-36(50)45-20-24-11-9-12-27(40)26(24)22-45/h5-7,9-11,13,15,25,27-29,31H,8,12,14,16-22H2,1-4H3,(H2,41,43)(H,42,49)(H,44,48)/b15-7-/t25-,27?,28+,29+,31?,38+,39+/m1/s1. The highest BCUT2D eigenvalue weighted by Gasteiger charge is 2.92. The number of benzene rings is 1. The molecule has 3 fully saturated rings. The van der Waals surface area contributed by atoms with Crippen molar-refractivity contribution in [2.24, 2.45) is 22.1 Å². The zero-order valence-corrected chi connectivity index (χ0v) is 33.5. The predicted octanol–water partition coefficient (Wildman–Crippen LogP) is 3.46. The molecule has 3 heterocycles. The van der Waals surface area contributed by atoms with Crippen LogP contribution in [0.15, 0.2) is 69.6 Å². The molecule has 302 valence electrons. The Morgan fingerprint density at radius 1 is 1.12 bits per heavy atom. The first-order valence-electron chi connectivity index (χ1n) is 19.0. The lowest BCUT2D eigenvalue weighted by atomic mass is 9.95. The second-order valence-electron chi connectivity index (χ2n) is 16.4. The van der Waals surface area contributed by atoms with E-state index in [1.165, 1.54) is 11.0 Å². The number of aryl methyl sites for hydroxylation is 1. The Kier molecular flexibility index (Phi) is 10.5.